The van der Waals surface area contributed by atoms with Gasteiger partial charge in [0.1, 0.15) is 4.88 Å². The minimum atomic E-state index is -0.444. The number of thiophene rings is 1. The first-order valence-corrected chi connectivity index (χ1v) is 9.44. The maximum absolute atomic E-state index is 12.2. The Balaban J connectivity index is 1.59. The first-order valence-electron chi connectivity index (χ1n) is 8.56. The second kappa shape index (κ2) is 8.18. The van der Waals surface area contributed by atoms with E-state index in [0.717, 1.165) is 22.6 Å². The summed E-state index contributed by atoms with van der Waals surface area (Å²) in [5.41, 5.74) is 4.62. The number of nitrogens with zero attached hydrogens (tertiary/aromatic N) is 2. The van der Waals surface area contributed by atoms with Crippen LogP contribution in [0.2, 0.25) is 0 Å². The Bertz CT molecular complexity index is 957. The number of esters is 1. The zero-order valence-corrected chi connectivity index (χ0v) is 16.3. The van der Waals surface area contributed by atoms with E-state index < -0.39 is 5.97 Å². The Morgan fingerprint density at radius 1 is 1.19 bits per heavy atom. The third kappa shape index (κ3) is 4.43. The summed E-state index contributed by atoms with van der Waals surface area (Å²) in [6, 6.07) is 11.7. The lowest BCUT2D eigenvalue weighted by Gasteiger charge is -2.07. The fourth-order valence-corrected chi connectivity index (χ4v) is 3.59. The molecule has 3 rings (SSSR count). The van der Waals surface area contributed by atoms with E-state index >= 15 is 0 Å². The van der Waals surface area contributed by atoms with Gasteiger partial charge in [-0.05, 0) is 55.5 Å². The first kappa shape index (κ1) is 18.8. The lowest BCUT2D eigenvalue weighted by Crippen LogP contribution is -2.14. The zero-order valence-electron chi connectivity index (χ0n) is 15.5. The molecule has 2 aromatic heterocycles. The molecule has 1 aromatic carbocycles. The molecule has 0 bridgehead atoms. The molecule has 6 nitrogen and oxygen atoms in total. The summed E-state index contributed by atoms with van der Waals surface area (Å²) in [5.74, 6) is -0.582. The molecule has 0 radical (unpaired) electrons. The number of ether oxygens (including phenoxy) is 1. The van der Waals surface area contributed by atoms with Crippen LogP contribution in [0.5, 0.6) is 0 Å². The van der Waals surface area contributed by atoms with Gasteiger partial charge in [0.25, 0.3) is 0 Å². The summed E-state index contributed by atoms with van der Waals surface area (Å²) in [4.78, 5) is 24.3. The number of methoxy groups -OCH3 is 1. The summed E-state index contributed by atoms with van der Waals surface area (Å²) in [6.45, 7) is 3.99. The number of rotatable bonds is 6. The standard InChI is InChI=1S/C20H21N3O3S/c1-13-12-14(2)23(22-13)16-7-4-15(5-8-16)6-9-18(24)21-17-10-11-27-19(17)20(25)26-3/h4-5,7-8,10-12H,6,9H2,1-3H3,(H,21,24). The van der Waals surface area contributed by atoms with Gasteiger partial charge in [0.05, 0.1) is 24.2 Å². The smallest absolute Gasteiger partial charge is 0.350 e. The van der Waals surface area contributed by atoms with Gasteiger partial charge in [-0.25, -0.2) is 9.48 Å². The van der Waals surface area contributed by atoms with Gasteiger partial charge in [-0.2, -0.15) is 5.10 Å². The Hall–Kier alpha value is -2.93. The third-order valence-electron chi connectivity index (χ3n) is 4.14. The van der Waals surface area contributed by atoms with Gasteiger partial charge < -0.3 is 10.1 Å². The molecular weight excluding hydrogens is 362 g/mol. The SMILES string of the molecule is COC(=O)c1sccc1NC(=O)CCc1ccc(-n2nc(C)cc2C)cc1. The van der Waals surface area contributed by atoms with Crippen LogP contribution in [0.1, 0.15) is 33.0 Å². The van der Waals surface area contributed by atoms with Crippen LogP contribution in [0.15, 0.2) is 41.8 Å². The number of benzene rings is 1. The molecule has 1 N–H and O–H groups in total. The molecule has 0 saturated heterocycles. The molecule has 0 aliphatic rings. The predicted octanol–water partition coefficient (Wildman–Crippen LogP) is 3.91. The number of amides is 1. The van der Waals surface area contributed by atoms with Gasteiger partial charge in [0.2, 0.25) is 5.91 Å². The van der Waals surface area contributed by atoms with E-state index in [2.05, 4.69) is 10.4 Å². The molecule has 1 amide bonds. The minimum Gasteiger partial charge on any atom is -0.465 e. The average molecular weight is 383 g/mol. The van der Waals surface area contributed by atoms with E-state index in [4.69, 9.17) is 4.74 Å². The molecule has 140 valence electrons. The normalized spacial score (nSPS) is 10.6. The number of hydrogen-bond donors (Lipinski definition) is 1. The van der Waals surface area contributed by atoms with Crippen molar-refractivity contribution in [3.8, 4) is 5.69 Å². The van der Waals surface area contributed by atoms with Crippen molar-refractivity contribution in [1.82, 2.24) is 9.78 Å². The highest BCUT2D eigenvalue weighted by atomic mass is 32.1. The Morgan fingerprint density at radius 2 is 1.93 bits per heavy atom. The van der Waals surface area contributed by atoms with Crippen molar-refractivity contribution in [2.45, 2.75) is 26.7 Å². The largest absolute Gasteiger partial charge is 0.465 e. The van der Waals surface area contributed by atoms with Crippen molar-refractivity contribution in [1.29, 1.82) is 0 Å². The molecular formula is C20H21N3O3S. The Kier molecular flexibility index (Phi) is 5.71. The average Bonchev–Trinajstić information content (AvgIpc) is 3.25. The Morgan fingerprint density at radius 3 is 2.56 bits per heavy atom. The van der Waals surface area contributed by atoms with Crippen molar-refractivity contribution in [3.63, 3.8) is 0 Å². The van der Waals surface area contributed by atoms with Crippen molar-refractivity contribution in [2.75, 3.05) is 12.4 Å². The fraction of sp³-hybridized carbons (Fsp3) is 0.250. The number of hydrogen-bond acceptors (Lipinski definition) is 5. The van der Waals surface area contributed by atoms with E-state index in [-0.39, 0.29) is 5.91 Å². The van der Waals surface area contributed by atoms with E-state index in [1.54, 1.807) is 11.4 Å². The van der Waals surface area contributed by atoms with Crippen molar-refractivity contribution in [2.24, 2.45) is 0 Å². The maximum atomic E-state index is 12.2. The van der Waals surface area contributed by atoms with Crippen LogP contribution in [-0.4, -0.2) is 28.8 Å². The number of carbonyl (C=O) groups excluding carboxylic acids is 2. The maximum Gasteiger partial charge on any atom is 0.350 e. The summed E-state index contributed by atoms with van der Waals surface area (Å²) in [7, 11) is 1.32. The summed E-state index contributed by atoms with van der Waals surface area (Å²) >= 11 is 1.24. The molecule has 0 spiro atoms. The van der Waals surface area contributed by atoms with Crippen molar-refractivity contribution >= 4 is 28.9 Å². The molecule has 0 unspecified atom stereocenters. The summed E-state index contributed by atoms with van der Waals surface area (Å²) in [6.07, 6.45) is 0.941. The number of aromatic nitrogens is 2. The van der Waals surface area contributed by atoms with E-state index in [0.29, 0.717) is 23.4 Å². The molecule has 0 aliphatic heterocycles. The van der Waals surface area contributed by atoms with Crippen LogP contribution in [0.25, 0.3) is 5.69 Å². The molecule has 3 aromatic rings. The van der Waals surface area contributed by atoms with Crippen LogP contribution in [-0.2, 0) is 16.0 Å². The van der Waals surface area contributed by atoms with Crippen LogP contribution in [0, 0.1) is 13.8 Å². The molecule has 0 aliphatic carbocycles. The molecule has 2 heterocycles. The van der Waals surface area contributed by atoms with Crippen molar-refractivity contribution in [3.05, 3.63) is 63.6 Å². The number of nitrogens with one attached hydrogen (secondary N) is 1. The topological polar surface area (TPSA) is 73.2 Å². The van der Waals surface area contributed by atoms with Gasteiger partial charge >= 0.3 is 5.97 Å². The number of anilines is 1. The van der Waals surface area contributed by atoms with Gasteiger partial charge in [-0.3, -0.25) is 4.79 Å². The van der Waals surface area contributed by atoms with Gasteiger partial charge in [-0.15, -0.1) is 11.3 Å². The highest BCUT2D eigenvalue weighted by molar-refractivity contribution is 7.12. The molecule has 0 atom stereocenters. The van der Waals surface area contributed by atoms with Gasteiger partial charge in [0, 0.05) is 12.1 Å². The molecule has 7 heteroatoms. The predicted molar refractivity (Wildman–Crippen MR) is 106 cm³/mol. The lowest BCUT2D eigenvalue weighted by molar-refractivity contribution is -0.116. The van der Waals surface area contributed by atoms with Gasteiger partial charge in [-0.1, -0.05) is 12.1 Å². The zero-order chi connectivity index (χ0) is 19.4. The number of aryl methyl sites for hydroxylation is 3. The van der Waals surface area contributed by atoms with Crippen LogP contribution < -0.4 is 5.32 Å². The van der Waals surface area contributed by atoms with E-state index in [9.17, 15) is 9.59 Å². The minimum absolute atomic E-state index is 0.138. The van der Waals surface area contributed by atoms with E-state index in [1.165, 1.54) is 18.4 Å². The first-order chi connectivity index (χ1) is 13.0. The van der Waals surface area contributed by atoms with Crippen LogP contribution in [0.4, 0.5) is 5.69 Å². The van der Waals surface area contributed by atoms with Crippen molar-refractivity contribution < 1.29 is 14.3 Å². The highest BCUT2D eigenvalue weighted by Gasteiger charge is 2.15. The highest BCUT2D eigenvalue weighted by Crippen LogP contribution is 2.23. The third-order valence-corrected chi connectivity index (χ3v) is 5.04. The monoisotopic (exact) mass is 383 g/mol. The van der Waals surface area contributed by atoms with Gasteiger partial charge in [0.15, 0.2) is 0 Å². The quantitative estimate of drug-likeness (QED) is 0.655. The summed E-state index contributed by atoms with van der Waals surface area (Å²) < 4.78 is 6.62. The fourth-order valence-electron chi connectivity index (χ4n) is 2.82. The Labute approximate surface area is 161 Å². The number of carbonyl (C=O) groups is 2. The molecule has 0 saturated carbocycles. The van der Waals surface area contributed by atoms with E-state index in [1.807, 2.05) is 48.9 Å². The second-order valence-corrected chi connectivity index (χ2v) is 7.12. The lowest BCUT2D eigenvalue weighted by atomic mass is 10.1. The summed E-state index contributed by atoms with van der Waals surface area (Å²) in [5, 5.41) is 9.00. The second-order valence-electron chi connectivity index (χ2n) is 6.21. The van der Waals surface area contributed by atoms with Crippen LogP contribution in [0.3, 0.4) is 0 Å². The molecule has 0 fully saturated rings. The molecule has 27 heavy (non-hydrogen) atoms. The van der Waals surface area contributed by atoms with Crippen LogP contribution >= 0.6 is 11.3 Å².